The molecule has 2 aromatic heterocycles. The first-order valence-corrected chi connectivity index (χ1v) is 11.0. The van der Waals surface area contributed by atoms with Crippen LogP contribution < -0.4 is 19.5 Å². The van der Waals surface area contributed by atoms with Crippen molar-refractivity contribution in [2.24, 2.45) is 0 Å². The van der Waals surface area contributed by atoms with Gasteiger partial charge < -0.3 is 19.5 Å². The van der Waals surface area contributed by atoms with Crippen molar-refractivity contribution in [1.29, 1.82) is 0 Å². The van der Waals surface area contributed by atoms with E-state index in [1.165, 1.54) is 11.8 Å². The number of amides is 1. The number of carbonyl (C=O) groups is 1. The number of hydrogen-bond donors (Lipinski definition) is 1. The number of carbonyl (C=O) groups excluding carboxylic acids is 1. The summed E-state index contributed by atoms with van der Waals surface area (Å²) < 4.78 is 19.7. The molecule has 0 unspecified atom stereocenters. The van der Waals surface area contributed by atoms with Crippen LogP contribution in [-0.4, -0.2) is 52.3 Å². The molecule has 0 fully saturated rings. The Balaban J connectivity index is 1.58. The summed E-state index contributed by atoms with van der Waals surface area (Å²) in [6.07, 6.45) is 3.77. The maximum Gasteiger partial charge on any atom is 0.240 e. The quantitative estimate of drug-likeness (QED) is 0.376. The van der Waals surface area contributed by atoms with Crippen LogP contribution in [0.25, 0.3) is 11.6 Å². The minimum absolute atomic E-state index is 0.119. The Bertz CT molecular complexity index is 1240. The molecule has 0 radical (unpaired) electrons. The Morgan fingerprint density at radius 1 is 0.939 bits per heavy atom. The highest BCUT2D eigenvalue weighted by Crippen LogP contribution is 2.30. The van der Waals surface area contributed by atoms with Crippen molar-refractivity contribution in [3.05, 3.63) is 67.0 Å². The molecule has 10 heteroatoms. The van der Waals surface area contributed by atoms with E-state index in [0.717, 1.165) is 5.69 Å². The number of aromatic nitrogens is 4. The third kappa shape index (κ3) is 4.96. The molecule has 0 bridgehead atoms. The molecule has 33 heavy (non-hydrogen) atoms. The highest BCUT2D eigenvalue weighted by Gasteiger charge is 2.18. The van der Waals surface area contributed by atoms with Gasteiger partial charge in [-0.1, -0.05) is 17.8 Å². The topological polar surface area (TPSA) is 92.4 Å². The molecule has 2 heterocycles. The van der Waals surface area contributed by atoms with Gasteiger partial charge in [-0.15, -0.1) is 10.2 Å². The number of ether oxygens (including phenoxy) is 3. The number of anilines is 1. The van der Waals surface area contributed by atoms with Gasteiger partial charge in [-0.3, -0.25) is 13.9 Å². The lowest BCUT2D eigenvalue weighted by Crippen LogP contribution is -2.15. The maximum atomic E-state index is 12.7. The Kier molecular flexibility index (Phi) is 6.84. The van der Waals surface area contributed by atoms with Gasteiger partial charge in [0, 0.05) is 24.5 Å². The SMILES string of the molecule is COc1cccc(-n2c(SCC(=O)Nc3cc(OC)ccc3OC)nnc2-n2cccc2)c1. The zero-order valence-electron chi connectivity index (χ0n) is 18.4. The summed E-state index contributed by atoms with van der Waals surface area (Å²) in [5.74, 6) is 2.38. The molecule has 9 nitrogen and oxygen atoms in total. The molecule has 0 aliphatic heterocycles. The first-order valence-electron chi connectivity index (χ1n) is 10.0. The molecule has 0 aliphatic rings. The summed E-state index contributed by atoms with van der Waals surface area (Å²) >= 11 is 1.28. The van der Waals surface area contributed by atoms with E-state index in [0.29, 0.717) is 34.0 Å². The van der Waals surface area contributed by atoms with Crippen molar-refractivity contribution in [3.8, 4) is 28.9 Å². The van der Waals surface area contributed by atoms with E-state index in [-0.39, 0.29) is 11.7 Å². The predicted octanol–water partition coefficient (Wildman–Crippen LogP) is 3.81. The van der Waals surface area contributed by atoms with Crippen molar-refractivity contribution in [2.45, 2.75) is 5.16 Å². The highest BCUT2D eigenvalue weighted by atomic mass is 32.2. The fraction of sp³-hybridized carbons (Fsp3) is 0.174. The minimum atomic E-state index is -0.214. The van der Waals surface area contributed by atoms with Crippen LogP contribution >= 0.6 is 11.8 Å². The van der Waals surface area contributed by atoms with E-state index >= 15 is 0 Å². The molecule has 0 saturated heterocycles. The third-order valence-corrected chi connectivity index (χ3v) is 5.71. The first-order chi connectivity index (χ1) is 16.1. The fourth-order valence-corrected chi connectivity index (χ4v) is 3.94. The smallest absolute Gasteiger partial charge is 0.240 e. The number of nitrogens with zero attached hydrogens (tertiary/aromatic N) is 4. The molecule has 1 amide bonds. The fourth-order valence-electron chi connectivity index (χ4n) is 3.19. The second kappa shape index (κ2) is 10.1. The zero-order valence-corrected chi connectivity index (χ0v) is 19.2. The van der Waals surface area contributed by atoms with Crippen molar-refractivity contribution < 1.29 is 19.0 Å². The molecule has 0 atom stereocenters. The number of hydrogen-bond acceptors (Lipinski definition) is 7. The zero-order chi connectivity index (χ0) is 23.2. The molecular weight excluding hydrogens is 442 g/mol. The molecule has 0 spiro atoms. The number of thioether (sulfide) groups is 1. The summed E-state index contributed by atoms with van der Waals surface area (Å²) in [5, 5.41) is 12.1. The van der Waals surface area contributed by atoms with Crippen LogP contribution in [0.2, 0.25) is 0 Å². The summed E-state index contributed by atoms with van der Waals surface area (Å²) in [4.78, 5) is 12.7. The van der Waals surface area contributed by atoms with Crippen molar-refractivity contribution in [3.63, 3.8) is 0 Å². The monoisotopic (exact) mass is 465 g/mol. The van der Waals surface area contributed by atoms with Crippen LogP contribution in [-0.2, 0) is 4.79 Å². The van der Waals surface area contributed by atoms with Gasteiger partial charge in [-0.25, -0.2) is 0 Å². The molecule has 170 valence electrons. The van der Waals surface area contributed by atoms with Crippen LogP contribution in [0.4, 0.5) is 5.69 Å². The van der Waals surface area contributed by atoms with Gasteiger partial charge in [0.25, 0.3) is 0 Å². The standard InChI is InChI=1S/C23H23N5O4S/c1-30-17-8-6-7-16(13-17)28-22(27-11-4-5-12-27)25-26-23(28)33-15-21(29)24-19-14-18(31-2)9-10-20(19)32-3/h4-14H,15H2,1-3H3,(H,24,29). The molecule has 1 N–H and O–H groups in total. The Morgan fingerprint density at radius 3 is 2.42 bits per heavy atom. The molecule has 2 aromatic carbocycles. The second-order valence-electron chi connectivity index (χ2n) is 6.81. The van der Waals surface area contributed by atoms with Crippen LogP contribution in [0.3, 0.4) is 0 Å². The van der Waals surface area contributed by atoms with Crippen molar-refractivity contribution in [2.75, 3.05) is 32.4 Å². The average Bonchev–Trinajstić information content (AvgIpc) is 3.52. The van der Waals surface area contributed by atoms with Gasteiger partial charge in [-0.2, -0.15) is 0 Å². The van der Waals surface area contributed by atoms with Crippen molar-refractivity contribution >= 4 is 23.4 Å². The van der Waals surface area contributed by atoms with Crippen LogP contribution in [0, 0.1) is 0 Å². The lowest BCUT2D eigenvalue weighted by atomic mass is 10.2. The van der Waals surface area contributed by atoms with E-state index in [1.54, 1.807) is 39.5 Å². The van der Waals surface area contributed by atoms with E-state index in [2.05, 4.69) is 15.5 Å². The first kappa shape index (κ1) is 22.3. The molecule has 4 rings (SSSR count). The normalized spacial score (nSPS) is 10.6. The largest absolute Gasteiger partial charge is 0.497 e. The van der Waals surface area contributed by atoms with Gasteiger partial charge >= 0.3 is 0 Å². The van der Waals surface area contributed by atoms with E-state index in [1.807, 2.05) is 57.9 Å². The van der Waals surface area contributed by atoms with Gasteiger partial charge in [0.15, 0.2) is 5.16 Å². The molecule has 4 aromatic rings. The van der Waals surface area contributed by atoms with E-state index in [9.17, 15) is 4.79 Å². The Labute approximate surface area is 195 Å². The number of benzene rings is 2. The Hall–Kier alpha value is -3.92. The van der Waals surface area contributed by atoms with Gasteiger partial charge in [0.2, 0.25) is 11.9 Å². The highest BCUT2D eigenvalue weighted by molar-refractivity contribution is 7.99. The second-order valence-corrected chi connectivity index (χ2v) is 7.76. The minimum Gasteiger partial charge on any atom is -0.497 e. The van der Waals surface area contributed by atoms with Gasteiger partial charge in [0.05, 0.1) is 38.5 Å². The number of rotatable bonds is 9. The van der Waals surface area contributed by atoms with E-state index < -0.39 is 0 Å². The average molecular weight is 466 g/mol. The lowest BCUT2D eigenvalue weighted by molar-refractivity contribution is -0.113. The predicted molar refractivity (Wildman–Crippen MR) is 126 cm³/mol. The maximum absolute atomic E-state index is 12.7. The van der Waals surface area contributed by atoms with Crippen LogP contribution in [0.15, 0.2) is 72.1 Å². The van der Waals surface area contributed by atoms with Gasteiger partial charge in [-0.05, 0) is 36.4 Å². The van der Waals surface area contributed by atoms with E-state index in [4.69, 9.17) is 14.2 Å². The summed E-state index contributed by atoms with van der Waals surface area (Å²) in [6.45, 7) is 0. The summed E-state index contributed by atoms with van der Waals surface area (Å²) in [7, 11) is 4.73. The molecule has 0 aliphatic carbocycles. The summed E-state index contributed by atoms with van der Waals surface area (Å²) in [5.41, 5.74) is 1.35. The number of nitrogens with one attached hydrogen (secondary N) is 1. The van der Waals surface area contributed by atoms with Crippen LogP contribution in [0.5, 0.6) is 17.2 Å². The lowest BCUT2D eigenvalue weighted by Gasteiger charge is -2.13. The Morgan fingerprint density at radius 2 is 1.70 bits per heavy atom. The summed E-state index contributed by atoms with van der Waals surface area (Å²) in [6, 6.07) is 16.6. The molecular formula is C23H23N5O4S. The van der Waals surface area contributed by atoms with Crippen molar-refractivity contribution in [1.82, 2.24) is 19.3 Å². The third-order valence-electron chi connectivity index (χ3n) is 4.78. The molecule has 0 saturated carbocycles. The van der Waals surface area contributed by atoms with Gasteiger partial charge in [0.1, 0.15) is 17.2 Å². The number of methoxy groups -OCH3 is 3. The van der Waals surface area contributed by atoms with Crippen LogP contribution in [0.1, 0.15) is 0 Å².